The quantitative estimate of drug-likeness (QED) is 0.531. The average molecular weight is 400 g/mol. The highest BCUT2D eigenvalue weighted by Crippen LogP contribution is 2.16. The molecule has 3 atom stereocenters. The Bertz CT molecular complexity index is 651. The molecule has 0 radical (unpaired) electrons. The number of nitrogens with zero attached hydrogens (tertiary/aromatic N) is 1. The Morgan fingerprint density at radius 3 is 2.37 bits per heavy atom. The van der Waals surface area contributed by atoms with Crippen molar-refractivity contribution in [2.24, 2.45) is 5.73 Å². The number of likely N-dealkylation sites (N-methyl/N-ethyl adjacent to an activating group) is 1. The number of amides is 2. The van der Waals surface area contributed by atoms with Gasteiger partial charge in [-0.15, -0.1) is 0 Å². The van der Waals surface area contributed by atoms with Crippen LogP contribution in [0.25, 0.3) is 0 Å². The zero-order valence-corrected chi connectivity index (χ0v) is 16.4. The number of aliphatic carboxylic acids is 1. The lowest BCUT2D eigenvalue weighted by Gasteiger charge is -2.31. The number of carbonyl (C=O) groups excluding carboxylic acids is 2. The minimum absolute atomic E-state index is 0.0532. The SMILES string of the molecule is COC[C@H](NC(=O)[C@H](C)N)C(=O)N(C)[C@H](CC(=O)O)Cc1ccc(Cl)cc1. The summed E-state index contributed by atoms with van der Waals surface area (Å²) in [6.45, 7) is 1.45. The van der Waals surface area contributed by atoms with Gasteiger partial charge in [-0.25, -0.2) is 0 Å². The molecule has 0 aromatic heterocycles. The van der Waals surface area contributed by atoms with Gasteiger partial charge in [-0.2, -0.15) is 0 Å². The van der Waals surface area contributed by atoms with Gasteiger partial charge >= 0.3 is 5.97 Å². The number of ether oxygens (including phenoxy) is 1. The van der Waals surface area contributed by atoms with Gasteiger partial charge in [0.1, 0.15) is 6.04 Å². The van der Waals surface area contributed by atoms with E-state index in [4.69, 9.17) is 22.1 Å². The zero-order valence-electron chi connectivity index (χ0n) is 15.6. The molecule has 0 aliphatic heterocycles. The van der Waals surface area contributed by atoms with Crippen LogP contribution >= 0.6 is 11.6 Å². The minimum atomic E-state index is -1.03. The minimum Gasteiger partial charge on any atom is -0.481 e. The highest BCUT2D eigenvalue weighted by Gasteiger charge is 2.30. The van der Waals surface area contributed by atoms with E-state index >= 15 is 0 Å². The highest BCUT2D eigenvalue weighted by molar-refractivity contribution is 6.30. The number of nitrogens with one attached hydrogen (secondary N) is 1. The van der Waals surface area contributed by atoms with Crippen molar-refractivity contribution < 1.29 is 24.2 Å². The Kier molecular flexibility index (Phi) is 9.20. The molecule has 0 saturated carbocycles. The number of methoxy groups -OCH3 is 1. The molecule has 0 bridgehead atoms. The fourth-order valence-electron chi connectivity index (χ4n) is 2.51. The lowest BCUT2D eigenvalue weighted by Crippen LogP contribution is -2.55. The van der Waals surface area contributed by atoms with E-state index in [0.29, 0.717) is 11.4 Å². The molecule has 2 amide bonds. The predicted molar refractivity (Wildman–Crippen MR) is 101 cm³/mol. The molecular weight excluding hydrogens is 374 g/mol. The van der Waals surface area contributed by atoms with Crippen LogP contribution in [0.15, 0.2) is 24.3 Å². The Morgan fingerprint density at radius 2 is 1.89 bits per heavy atom. The molecule has 1 aromatic carbocycles. The van der Waals surface area contributed by atoms with Crippen molar-refractivity contribution in [3.05, 3.63) is 34.9 Å². The topological polar surface area (TPSA) is 122 Å². The lowest BCUT2D eigenvalue weighted by molar-refractivity contribution is -0.142. The predicted octanol–water partition coefficient (Wildman–Crippen LogP) is 0.663. The summed E-state index contributed by atoms with van der Waals surface area (Å²) in [5.41, 5.74) is 6.37. The molecule has 4 N–H and O–H groups in total. The molecule has 0 fully saturated rings. The summed E-state index contributed by atoms with van der Waals surface area (Å²) in [6, 6.07) is 4.61. The van der Waals surface area contributed by atoms with Gasteiger partial charge in [-0.3, -0.25) is 14.4 Å². The second kappa shape index (κ2) is 10.9. The van der Waals surface area contributed by atoms with Crippen molar-refractivity contribution in [2.75, 3.05) is 20.8 Å². The number of benzene rings is 1. The molecule has 0 aliphatic rings. The van der Waals surface area contributed by atoms with Crippen molar-refractivity contribution in [1.82, 2.24) is 10.2 Å². The number of hydrogen-bond acceptors (Lipinski definition) is 5. The maximum Gasteiger partial charge on any atom is 0.305 e. The van der Waals surface area contributed by atoms with E-state index in [1.54, 1.807) is 24.3 Å². The third-order valence-electron chi connectivity index (χ3n) is 4.05. The summed E-state index contributed by atoms with van der Waals surface area (Å²) in [6.07, 6.45) is 0.0818. The largest absolute Gasteiger partial charge is 0.481 e. The fraction of sp³-hybridized carbons (Fsp3) is 0.500. The monoisotopic (exact) mass is 399 g/mol. The first-order valence-electron chi connectivity index (χ1n) is 8.43. The Morgan fingerprint density at radius 1 is 1.30 bits per heavy atom. The van der Waals surface area contributed by atoms with Gasteiger partial charge in [0.25, 0.3) is 0 Å². The standard InChI is InChI=1S/C18H26ClN3O5/c1-11(20)17(25)21-15(10-27-3)18(26)22(2)14(9-16(23)24)8-12-4-6-13(19)7-5-12/h4-7,11,14-15H,8-10,20H2,1-3H3,(H,21,25)(H,23,24)/t11-,14-,15-/m0/s1. The summed E-state index contributed by atoms with van der Waals surface area (Å²) in [5.74, 6) is -1.98. The van der Waals surface area contributed by atoms with Gasteiger partial charge < -0.3 is 25.8 Å². The molecule has 1 rings (SSSR count). The van der Waals surface area contributed by atoms with Crippen molar-refractivity contribution in [2.45, 2.75) is 37.9 Å². The third kappa shape index (κ3) is 7.54. The molecule has 0 spiro atoms. The highest BCUT2D eigenvalue weighted by atomic mass is 35.5. The smallest absolute Gasteiger partial charge is 0.305 e. The van der Waals surface area contributed by atoms with Crippen molar-refractivity contribution >= 4 is 29.4 Å². The van der Waals surface area contributed by atoms with Crippen LogP contribution in [0, 0.1) is 0 Å². The van der Waals surface area contributed by atoms with Gasteiger partial charge in [0, 0.05) is 25.2 Å². The summed E-state index contributed by atoms with van der Waals surface area (Å²) in [7, 11) is 2.91. The van der Waals surface area contributed by atoms with Gasteiger partial charge in [0.05, 0.1) is 19.1 Å². The average Bonchev–Trinajstić information content (AvgIpc) is 2.60. The number of rotatable bonds is 10. The maximum absolute atomic E-state index is 12.8. The summed E-state index contributed by atoms with van der Waals surface area (Å²) < 4.78 is 5.01. The van der Waals surface area contributed by atoms with E-state index in [1.807, 2.05) is 0 Å². The van der Waals surface area contributed by atoms with Gasteiger partial charge in [0.15, 0.2) is 0 Å². The first-order chi connectivity index (χ1) is 12.6. The zero-order chi connectivity index (χ0) is 20.6. The summed E-state index contributed by atoms with van der Waals surface area (Å²) in [5, 5.41) is 12.3. The summed E-state index contributed by atoms with van der Waals surface area (Å²) >= 11 is 5.87. The molecule has 1 aromatic rings. The fourth-order valence-corrected chi connectivity index (χ4v) is 2.64. The number of carbonyl (C=O) groups is 3. The lowest BCUT2D eigenvalue weighted by atomic mass is 10.0. The molecule has 27 heavy (non-hydrogen) atoms. The molecule has 9 heteroatoms. The van der Waals surface area contributed by atoms with Crippen molar-refractivity contribution in [3.63, 3.8) is 0 Å². The van der Waals surface area contributed by atoms with E-state index in [0.717, 1.165) is 5.56 Å². The second-order valence-corrected chi connectivity index (χ2v) is 6.77. The van der Waals surface area contributed by atoms with Crippen molar-refractivity contribution in [1.29, 1.82) is 0 Å². The third-order valence-corrected chi connectivity index (χ3v) is 4.30. The molecule has 0 saturated heterocycles. The van der Waals surface area contributed by atoms with E-state index < -0.39 is 35.9 Å². The molecule has 0 heterocycles. The first-order valence-corrected chi connectivity index (χ1v) is 8.81. The van der Waals surface area contributed by atoms with Crippen molar-refractivity contribution in [3.8, 4) is 0 Å². The van der Waals surface area contributed by atoms with E-state index in [9.17, 15) is 19.5 Å². The van der Waals surface area contributed by atoms with Gasteiger partial charge in [-0.05, 0) is 31.0 Å². The van der Waals surface area contributed by atoms with Crippen LogP contribution in [0.3, 0.4) is 0 Å². The van der Waals surface area contributed by atoms with Crippen LogP contribution in [-0.2, 0) is 25.5 Å². The number of halogens is 1. The maximum atomic E-state index is 12.8. The number of carboxylic acids is 1. The van der Waals surface area contributed by atoms with Crippen LogP contribution in [-0.4, -0.2) is 66.7 Å². The van der Waals surface area contributed by atoms with Crippen LogP contribution in [0.4, 0.5) is 0 Å². The van der Waals surface area contributed by atoms with Gasteiger partial charge in [0.2, 0.25) is 11.8 Å². The van der Waals surface area contributed by atoms with Crippen LogP contribution in [0.5, 0.6) is 0 Å². The van der Waals surface area contributed by atoms with E-state index in [2.05, 4.69) is 5.32 Å². The Balaban J connectivity index is 2.97. The number of carboxylic acid groups (broad SMARTS) is 1. The summed E-state index contributed by atoms with van der Waals surface area (Å²) in [4.78, 5) is 37.3. The molecule has 0 unspecified atom stereocenters. The normalized spacial score (nSPS) is 14.1. The molecule has 150 valence electrons. The molecule has 0 aliphatic carbocycles. The first kappa shape index (κ1) is 22.9. The van der Waals surface area contributed by atoms with E-state index in [1.165, 1.54) is 26.0 Å². The van der Waals surface area contributed by atoms with Crippen LogP contribution < -0.4 is 11.1 Å². The molecular formula is C18H26ClN3O5. The number of nitrogens with two attached hydrogens (primary N) is 1. The second-order valence-electron chi connectivity index (χ2n) is 6.34. The van der Waals surface area contributed by atoms with Crippen LogP contribution in [0.1, 0.15) is 18.9 Å². The van der Waals surface area contributed by atoms with Crippen LogP contribution in [0.2, 0.25) is 5.02 Å². The Hall–Kier alpha value is -2.16. The van der Waals surface area contributed by atoms with E-state index in [-0.39, 0.29) is 13.0 Å². The Labute approximate surface area is 163 Å². The number of hydrogen-bond donors (Lipinski definition) is 3. The molecule has 8 nitrogen and oxygen atoms in total. The van der Waals surface area contributed by atoms with Gasteiger partial charge in [-0.1, -0.05) is 23.7 Å².